The van der Waals surface area contributed by atoms with Gasteiger partial charge in [-0.1, -0.05) is 6.07 Å². The van der Waals surface area contributed by atoms with E-state index in [0.29, 0.717) is 33.5 Å². The average molecular weight is 459 g/mol. The fourth-order valence-electron chi connectivity index (χ4n) is 4.95. The van der Waals surface area contributed by atoms with Gasteiger partial charge in [0.05, 0.1) is 5.70 Å². The van der Waals surface area contributed by atoms with Crippen molar-refractivity contribution in [2.45, 2.75) is 12.0 Å². The maximum absolute atomic E-state index is 13.2. The maximum Gasteiger partial charge on any atom is 0.335 e. The second kappa shape index (κ2) is 6.61. The lowest BCUT2D eigenvalue weighted by Crippen LogP contribution is -2.43. The van der Waals surface area contributed by atoms with Crippen molar-refractivity contribution in [3.63, 3.8) is 0 Å². The highest BCUT2D eigenvalue weighted by atomic mass is 16.5. The number of ether oxygens (including phenoxy) is 1. The molecule has 0 amide bonds. The van der Waals surface area contributed by atoms with Crippen molar-refractivity contribution in [3.8, 4) is 40.2 Å². The number of hydrogen-bond acceptors (Lipinski definition) is 9. The van der Waals surface area contributed by atoms with Crippen molar-refractivity contribution >= 4 is 23.3 Å². The monoisotopic (exact) mass is 459 g/mol. The van der Waals surface area contributed by atoms with E-state index in [1.54, 1.807) is 23.2 Å². The lowest BCUT2D eigenvalue weighted by Gasteiger charge is -2.34. The number of carbonyl (C=O) groups excluding carboxylic acids is 1. The van der Waals surface area contributed by atoms with Crippen LogP contribution < -0.4 is 4.74 Å². The Hall–Kier alpha value is -4.79. The predicted molar refractivity (Wildman–Crippen MR) is 119 cm³/mol. The minimum absolute atomic E-state index is 0.0836. The standard InChI is InChI=1S/C25H17NO8/c27-14-2-1-11(6-15(14)28)21-22-13-8-18(31)19(32)9-20(13)34-25(33)24(22)26-4-3-10-5-16(29)17(30)7-12(10)23(21)26/h1-9,22,24,27-32H. The van der Waals surface area contributed by atoms with Crippen molar-refractivity contribution in [2.75, 3.05) is 0 Å². The number of nitrogens with zero attached hydrogens (tertiary/aromatic N) is 1. The van der Waals surface area contributed by atoms with Crippen LogP contribution in [0, 0.1) is 0 Å². The Bertz CT molecular complexity index is 1490. The smallest absolute Gasteiger partial charge is 0.335 e. The van der Waals surface area contributed by atoms with Gasteiger partial charge in [-0.3, -0.25) is 0 Å². The highest BCUT2D eigenvalue weighted by Gasteiger charge is 2.51. The number of carbonyl (C=O) groups is 1. The molecule has 0 aromatic heterocycles. The highest BCUT2D eigenvalue weighted by molar-refractivity contribution is 6.05. The summed E-state index contributed by atoms with van der Waals surface area (Å²) in [6.45, 7) is 0. The minimum Gasteiger partial charge on any atom is -0.504 e. The van der Waals surface area contributed by atoms with E-state index in [1.807, 2.05) is 0 Å². The lowest BCUT2D eigenvalue weighted by molar-refractivity contribution is -0.139. The summed E-state index contributed by atoms with van der Waals surface area (Å²) >= 11 is 0. The van der Waals surface area contributed by atoms with Crippen LogP contribution in [0.25, 0.3) is 17.3 Å². The van der Waals surface area contributed by atoms with Gasteiger partial charge in [0, 0.05) is 29.3 Å². The summed E-state index contributed by atoms with van der Waals surface area (Å²) < 4.78 is 5.50. The maximum atomic E-state index is 13.2. The second-order valence-corrected chi connectivity index (χ2v) is 8.34. The first-order valence-corrected chi connectivity index (χ1v) is 10.3. The van der Waals surface area contributed by atoms with E-state index in [1.165, 1.54) is 36.4 Å². The van der Waals surface area contributed by atoms with Crippen LogP contribution in [0.2, 0.25) is 0 Å². The molecule has 3 aromatic carbocycles. The minimum atomic E-state index is -0.891. The third kappa shape index (κ3) is 2.57. The molecule has 6 rings (SSSR count). The lowest BCUT2D eigenvalue weighted by atomic mass is 9.81. The molecule has 34 heavy (non-hydrogen) atoms. The number of benzene rings is 3. The van der Waals surface area contributed by atoms with Gasteiger partial charge < -0.3 is 40.3 Å². The Labute approximate surface area is 192 Å². The second-order valence-electron chi connectivity index (χ2n) is 8.34. The molecule has 3 aliphatic heterocycles. The summed E-state index contributed by atoms with van der Waals surface area (Å²) in [5.74, 6) is -3.40. The van der Waals surface area contributed by atoms with Crippen LogP contribution in [-0.4, -0.2) is 47.6 Å². The van der Waals surface area contributed by atoms with Crippen molar-refractivity contribution in [3.05, 3.63) is 70.9 Å². The first-order chi connectivity index (χ1) is 16.2. The van der Waals surface area contributed by atoms with Crippen molar-refractivity contribution < 1.29 is 40.2 Å². The van der Waals surface area contributed by atoms with Gasteiger partial charge in [0.1, 0.15) is 11.8 Å². The fraction of sp³-hybridized carbons (Fsp3) is 0.0800. The Kier molecular flexibility index (Phi) is 3.86. The van der Waals surface area contributed by atoms with Crippen LogP contribution >= 0.6 is 0 Å². The molecule has 6 N–H and O–H groups in total. The van der Waals surface area contributed by atoms with Gasteiger partial charge >= 0.3 is 5.97 Å². The van der Waals surface area contributed by atoms with Crippen LogP contribution in [0.4, 0.5) is 0 Å². The predicted octanol–water partition coefficient (Wildman–Crippen LogP) is 3.16. The summed E-state index contributed by atoms with van der Waals surface area (Å²) in [4.78, 5) is 14.9. The first-order valence-electron chi connectivity index (χ1n) is 10.3. The molecule has 3 heterocycles. The normalized spacial score (nSPS) is 19.9. The first kappa shape index (κ1) is 19.9. The molecule has 9 heteroatoms. The Morgan fingerprint density at radius 1 is 0.765 bits per heavy atom. The van der Waals surface area contributed by atoms with Gasteiger partial charge in [-0.05, 0) is 53.1 Å². The molecule has 2 unspecified atom stereocenters. The molecule has 0 saturated carbocycles. The molecule has 3 aromatic rings. The quantitative estimate of drug-likeness (QED) is 0.183. The summed E-state index contributed by atoms with van der Waals surface area (Å²) in [5.41, 5.74) is 3.09. The van der Waals surface area contributed by atoms with Crippen molar-refractivity contribution in [2.24, 2.45) is 0 Å². The third-order valence-corrected chi connectivity index (χ3v) is 6.44. The van der Waals surface area contributed by atoms with E-state index in [0.717, 1.165) is 0 Å². The number of rotatable bonds is 1. The highest BCUT2D eigenvalue weighted by Crippen LogP contribution is 2.57. The number of phenols is 6. The van der Waals surface area contributed by atoms with Crippen molar-refractivity contribution in [1.29, 1.82) is 0 Å². The van der Waals surface area contributed by atoms with E-state index >= 15 is 0 Å². The molecule has 2 atom stereocenters. The molecule has 170 valence electrons. The van der Waals surface area contributed by atoms with Gasteiger partial charge in [0.25, 0.3) is 0 Å². The largest absolute Gasteiger partial charge is 0.504 e. The molecule has 9 nitrogen and oxygen atoms in total. The Morgan fingerprint density at radius 2 is 1.44 bits per heavy atom. The third-order valence-electron chi connectivity index (χ3n) is 6.44. The van der Waals surface area contributed by atoms with Gasteiger partial charge in [0.15, 0.2) is 34.5 Å². The molecule has 0 fully saturated rings. The molecular weight excluding hydrogens is 442 g/mol. The number of phenolic OH excluding ortho intramolecular Hbond substituents is 6. The van der Waals surface area contributed by atoms with Crippen LogP contribution in [0.1, 0.15) is 28.2 Å². The summed E-state index contributed by atoms with van der Waals surface area (Å²) in [5, 5.41) is 60.5. The summed E-state index contributed by atoms with van der Waals surface area (Å²) in [6, 6.07) is 8.64. The molecule has 0 bridgehead atoms. The SMILES string of the molecule is O=C1Oc2cc(O)c(O)cc2C2C(c3ccc(O)c(O)c3)=C3c4cc(O)c(O)cc4C=CN3C12. The average Bonchev–Trinajstić information content (AvgIpc) is 3.14. The Balaban J connectivity index is 1.71. The number of fused-ring (bicyclic) bond motifs is 7. The Morgan fingerprint density at radius 3 is 2.21 bits per heavy atom. The molecule has 0 aliphatic carbocycles. The van der Waals surface area contributed by atoms with E-state index in [9.17, 15) is 35.4 Å². The summed E-state index contributed by atoms with van der Waals surface area (Å²) in [6.07, 6.45) is 3.34. The van der Waals surface area contributed by atoms with Crippen LogP contribution in [-0.2, 0) is 4.79 Å². The zero-order valence-corrected chi connectivity index (χ0v) is 17.3. The van der Waals surface area contributed by atoms with Gasteiger partial charge in [-0.25, -0.2) is 4.79 Å². The molecule has 3 aliphatic rings. The van der Waals surface area contributed by atoms with Crippen LogP contribution in [0.15, 0.2) is 48.7 Å². The molecule has 0 spiro atoms. The van der Waals surface area contributed by atoms with E-state index in [2.05, 4.69) is 0 Å². The number of hydrogen-bond donors (Lipinski definition) is 6. The van der Waals surface area contributed by atoms with Gasteiger partial charge in [-0.15, -0.1) is 0 Å². The molecule has 0 saturated heterocycles. The molecular formula is C25H17NO8. The number of esters is 1. The fourth-order valence-corrected chi connectivity index (χ4v) is 4.95. The zero-order chi connectivity index (χ0) is 23.9. The van der Waals surface area contributed by atoms with Crippen LogP contribution in [0.5, 0.6) is 40.2 Å². The van der Waals surface area contributed by atoms with Crippen molar-refractivity contribution in [1.82, 2.24) is 4.90 Å². The molecule has 0 radical (unpaired) electrons. The topological polar surface area (TPSA) is 151 Å². The van der Waals surface area contributed by atoms with E-state index in [4.69, 9.17) is 4.74 Å². The number of aromatic hydroxyl groups is 6. The van der Waals surface area contributed by atoms with Crippen LogP contribution in [0.3, 0.4) is 0 Å². The van der Waals surface area contributed by atoms with E-state index < -0.39 is 29.4 Å². The van der Waals surface area contributed by atoms with E-state index in [-0.39, 0.29) is 28.7 Å². The van der Waals surface area contributed by atoms with Gasteiger partial charge in [0.2, 0.25) is 0 Å². The van der Waals surface area contributed by atoms with Gasteiger partial charge in [-0.2, -0.15) is 0 Å². The zero-order valence-electron chi connectivity index (χ0n) is 17.3. The summed E-state index contributed by atoms with van der Waals surface area (Å²) in [7, 11) is 0.